The molecule has 3 N–H and O–H groups in total. The lowest BCUT2D eigenvalue weighted by Gasteiger charge is -2.09. The van der Waals surface area contributed by atoms with Crippen molar-refractivity contribution in [2.75, 3.05) is 5.32 Å². The van der Waals surface area contributed by atoms with Crippen molar-refractivity contribution < 1.29 is 4.39 Å². The van der Waals surface area contributed by atoms with E-state index in [0.29, 0.717) is 12.2 Å². The van der Waals surface area contributed by atoms with Gasteiger partial charge in [-0.3, -0.25) is 0 Å². The molecule has 4 heteroatoms. The first kappa shape index (κ1) is 13.5. The highest BCUT2D eigenvalue weighted by Gasteiger charge is 2.05. The van der Waals surface area contributed by atoms with Gasteiger partial charge in [0.1, 0.15) is 10.8 Å². The SMILES string of the molecule is Cc1cccc(CNc2ccc(C(N)=S)c(F)c2)c1. The fourth-order valence-corrected chi connectivity index (χ4v) is 2.02. The molecule has 0 radical (unpaired) electrons. The number of rotatable bonds is 4. The number of nitrogens with one attached hydrogen (secondary N) is 1. The highest BCUT2D eigenvalue weighted by molar-refractivity contribution is 7.80. The summed E-state index contributed by atoms with van der Waals surface area (Å²) in [6.45, 7) is 2.69. The summed E-state index contributed by atoms with van der Waals surface area (Å²) in [5.41, 5.74) is 8.75. The molecule has 2 aromatic carbocycles. The van der Waals surface area contributed by atoms with Crippen LogP contribution in [0.5, 0.6) is 0 Å². The van der Waals surface area contributed by atoms with Crippen molar-refractivity contribution in [2.45, 2.75) is 13.5 Å². The standard InChI is InChI=1S/C15H15FN2S/c1-10-3-2-4-11(7-10)9-18-12-5-6-13(15(17)19)14(16)8-12/h2-8,18H,9H2,1H3,(H2,17,19). The number of halogens is 1. The maximum atomic E-state index is 13.7. The molecular formula is C15H15FN2S. The van der Waals surface area contributed by atoms with Crippen LogP contribution >= 0.6 is 12.2 Å². The monoisotopic (exact) mass is 274 g/mol. The van der Waals surface area contributed by atoms with Crippen LogP contribution in [0.1, 0.15) is 16.7 Å². The van der Waals surface area contributed by atoms with Crippen LogP contribution in [0.4, 0.5) is 10.1 Å². The molecule has 0 atom stereocenters. The number of aryl methyl sites for hydroxylation is 1. The van der Waals surface area contributed by atoms with E-state index >= 15 is 0 Å². The summed E-state index contributed by atoms with van der Waals surface area (Å²) in [5.74, 6) is -0.401. The number of hydrogen-bond acceptors (Lipinski definition) is 2. The van der Waals surface area contributed by atoms with E-state index in [0.717, 1.165) is 5.56 Å². The molecule has 0 saturated carbocycles. The smallest absolute Gasteiger partial charge is 0.135 e. The Morgan fingerprint density at radius 3 is 2.68 bits per heavy atom. The molecule has 0 aromatic heterocycles. The van der Waals surface area contributed by atoms with Crippen LogP contribution in [0.25, 0.3) is 0 Å². The number of anilines is 1. The lowest BCUT2D eigenvalue weighted by molar-refractivity contribution is 0.626. The summed E-state index contributed by atoms with van der Waals surface area (Å²) in [7, 11) is 0. The van der Waals surface area contributed by atoms with Crippen molar-refractivity contribution in [2.24, 2.45) is 5.73 Å². The van der Waals surface area contributed by atoms with Gasteiger partial charge in [-0.15, -0.1) is 0 Å². The lowest BCUT2D eigenvalue weighted by atomic mass is 10.1. The molecule has 0 aliphatic rings. The third kappa shape index (κ3) is 3.51. The van der Waals surface area contributed by atoms with Crippen LogP contribution in [0.2, 0.25) is 0 Å². The molecular weight excluding hydrogens is 259 g/mol. The van der Waals surface area contributed by atoms with Crippen molar-refractivity contribution in [1.29, 1.82) is 0 Å². The molecule has 0 unspecified atom stereocenters. The zero-order chi connectivity index (χ0) is 13.8. The van der Waals surface area contributed by atoms with Gasteiger partial charge in [-0.25, -0.2) is 4.39 Å². The Morgan fingerprint density at radius 2 is 2.05 bits per heavy atom. The van der Waals surface area contributed by atoms with Gasteiger partial charge >= 0.3 is 0 Å². The average Bonchev–Trinajstić information content (AvgIpc) is 2.36. The molecule has 0 heterocycles. The van der Waals surface area contributed by atoms with Gasteiger partial charge in [0.05, 0.1) is 0 Å². The zero-order valence-electron chi connectivity index (χ0n) is 10.6. The van der Waals surface area contributed by atoms with E-state index in [1.807, 2.05) is 25.1 Å². The predicted octanol–water partition coefficient (Wildman–Crippen LogP) is 3.38. The van der Waals surface area contributed by atoms with Crippen molar-refractivity contribution in [3.05, 3.63) is 65.0 Å². The number of hydrogen-bond donors (Lipinski definition) is 2. The molecule has 0 saturated heterocycles. The van der Waals surface area contributed by atoms with Gasteiger partial charge in [0.15, 0.2) is 0 Å². The summed E-state index contributed by atoms with van der Waals surface area (Å²) in [6, 6.07) is 12.9. The maximum absolute atomic E-state index is 13.7. The third-order valence-corrected chi connectivity index (χ3v) is 3.03. The van der Waals surface area contributed by atoms with Gasteiger partial charge in [-0.2, -0.15) is 0 Å². The van der Waals surface area contributed by atoms with E-state index in [-0.39, 0.29) is 10.6 Å². The van der Waals surface area contributed by atoms with Crippen molar-refractivity contribution in [3.63, 3.8) is 0 Å². The molecule has 0 spiro atoms. The largest absolute Gasteiger partial charge is 0.389 e. The van der Waals surface area contributed by atoms with Crippen molar-refractivity contribution >= 4 is 22.9 Å². The minimum atomic E-state index is -0.401. The quantitative estimate of drug-likeness (QED) is 0.839. The van der Waals surface area contributed by atoms with Gasteiger partial charge in [0.25, 0.3) is 0 Å². The van der Waals surface area contributed by atoms with Gasteiger partial charge in [0, 0.05) is 17.8 Å². The Labute approximate surface area is 117 Å². The second-order valence-corrected chi connectivity index (χ2v) is 4.84. The normalized spacial score (nSPS) is 10.2. The highest BCUT2D eigenvalue weighted by atomic mass is 32.1. The van der Waals surface area contributed by atoms with Crippen LogP contribution in [0, 0.1) is 12.7 Å². The van der Waals surface area contributed by atoms with Crippen LogP contribution in [-0.4, -0.2) is 4.99 Å². The Kier molecular flexibility index (Phi) is 4.12. The summed E-state index contributed by atoms with van der Waals surface area (Å²) in [5, 5.41) is 3.17. The molecule has 19 heavy (non-hydrogen) atoms. The summed E-state index contributed by atoms with van der Waals surface area (Å²) >= 11 is 4.77. The highest BCUT2D eigenvalue weighted by Crippen LogP contribution is 2.15. The van der Waals surface area contributed by atoms with E-state index in [1.54, 1.807) is 12.1 Å². The average molecular weight is 274 g/mol. The number of benzene rings is 2. The fraction of sp³-hybridized carbons (Fsp3) is 0.133. The summed E-state index contributed by atoms with van der Waals surface area (Å²) in [6.07, 6.45) is 0. The lowest BCUT2D eigenvalue weighted by Crippen LogP contribution is -2.12. The molecule has 0 amide bonds. The van der Waals surface area contributed by atoms with E-state index in [4.69, 9.17) is 18.0 Å². The van der Waals surface area contributed by atoms with Crippen molar-refractivity contribution in [3.8, 4) is 0 Å². The Hall–Kier alpha value is -1.94. The molecule has 0 bridgehead atoms. The summed E-state index contributed by atoms with van der Waals surface area (Å²) < 4.78 is 13.7. The first-order valence-corrected chi connectivity index (χ1v) is 6.36. The fourth-order valence-electron chi connectivity index (χ4n) is 1.85. The zero-order valence-corrected chi connectivity index (χ0v) is 11.4. The Balaban J connectivity index is 2.08. The van der Waals surface area contributed by atoms with E-state index < -0.39 is 5.82 Å². The Bertz CT molecular complexity index is 611. The van der Waals surface area contributed by atoms with Gasteiger partial charge in [0.2, 0.25) is 0 Å². The minimum Gasteiger partial charge on any atom is -0.389 e. The van der Waals surface area contributed by atoms with Crippen LogP contribution in [-0.2, 0) is 6.54 Å². The third-order valence-electron chi connectivity index (χ3n) is 2.81. The molecule has 2 aromatic rings. The van der Waals surface area contributed by atoms with Crippen LogP contribution in [0.3, 0.4) is 0 Å². The van der Waals surface area contributed by atoms with Crippen LogP contribution in [0.15, 0.2) is 42.5 Å². The van der Waals surface area contributed by atoms with Gasteiger partial charge in [-0.05, 0) is 30.7 Å². The first-order chi connectivity index (χ1) is 9.06. The predicted molar refractivity (Wildman–Crippen MR) is 80.8 cm³/mol. The molecule has 2 nitrogen and oxygen atoms in total. The van der Waals surface area contributed by atoms with E-state index in [2.05, 4.69) is 11.4 Å². The topological polar surface area (TPSA) is 38.0 Å². The number of nitrogens with two attached hydrogens (primary N) is 1. The second-order valence-electron chi connectivity index (χ2n) is 4.40. The number of thiocarbonyl (C=S) groups is 1. The van der Waals surface area contributed by atoms with Crippen molar-refractivity contribution in [1.82, 2.24) is 0 Å². The maximum Gasteiger partial charge on any atom is 0.135 e. The molecule has 2 rings (SSSR count). The molecule has 0 fully saturated rings. The molecule has 0 aliphatic carbocycles. The van der Waals surface area contributed by atoms with Gasteiger partial charge in [-0.1, -0.05) is 42.0 Å². The van der Waals surface area contributed by atoms with E-state index in [9.17, 15) is 4.39 Å². The van der Waals surface area contributed by atoms with E-state index in [1.165, 1.54) is 11.6 Å². The van der Waals surface area contributed by atoms with Crippen LogP contribution < -0.4 is 11.1 Å². The van der Waals surface area contributed by atoms with Gasteiger partial charge < -0.3 is 11.1 Å². The summed E-state index contributed by atoms with van der Waals surface area (Å²) in [4.78, 5) is 0.0720. The molecule has 98 valence electrons. The minimum absolute atomic E-state index is 0.0720. The molecule has 0 aliphatic heterocycles. The first-order valence-electron chi connectivity index (χ1n) is 5.95. The second kappa shape index (κ2) is 5.80. The Morgan fingerprint density at radius 1 is 1.26 bits per heavy atom.